The third kappa shape index (κ3) is 5.30. The van der Waals surface area contributed by atoms with Gasteiger partial charge < -0.3 is 15.2 Å². The van der Waals surface area contributed by atoms with Crippen LogP contribution in [0.1, 0.15) is 5.56 Å². The van der Waals surface area contributed by atoms with E-state index < -0.39 is 0 Å². The van der Waals surface area contributed by atoms with Crippen LogP contribution in [0.25, 0.3) is 0 Å². The van der Waals surface area contributed by atoms with Gasteiger partial charge in [0.1, 0.15) is 11.5 Å². The van der Waals surface area contributed by atoms with Crippen LogP contribution < -0.4 is 15.5 Å². The van der Waals surface area contributed by atoms with Gasteiger partial charge in [-0.1, -0.05) is 15.9 Å². The highest BCUT2D eigenvalue weighted by Crippen LogP contribution is 2.20. The summed E-state index contributed by atoms with van der Waals surface area (Å²) in [7, 11) is 1.53. The molecule has 120 valence electrons. The molecule has 2 rings (SSSR count). The molecule has 0 aliphatic carbocycles. The topological polar surface area (TPSA) is 83.0 Å². The van der Waals surface area contributed by atoms with Gasteiger partial charge in [0.2, 0.25) is 0 Å². The van der Waals surface area contributed by atoms with Gasteiger partial charge in [0.25, 0.3) is 5.91 Å². The SMILES string of the molecule is COc1ccc(O)c(/C=N\NC(=O)CNc2ccc(Br)cc2)c1. The molecule has 7 heteroatoms. The Labute approximate surface area is 142 Å². The fourth-order valence-electron chi connectivity index (χ4n) is 1.73. The number of rotatable bonds is 6. The van der Waals surface area contributed by atoms with Crippen LogP contribution in [0.4, 0.5) is 5.69 Å². The Bertz CT molecular complexity index is 702. The molecular weight excluding hydrogens is 362 g/mol. The normalized spacial score (nSPS) is 10.5. The van der Waals surface area contributed by atoms with Crippen molar-refractivity contribution in [2.24, 2.45) is 5.10 Å². The molecule has 0 atom stereocenters. The fraction of sp³-hybridized carbons (Fsp3) is 0.125. The number of aromatic hydroxyl groups is 1. The molecule has 2 aromatic carbocycles. The van der Waals surface area contributed by atoms with Gasteiger partial charge in [0.05, 0.1) is 19.9 Å². The minimum Gasteiger partial charge on any atom is -0.507 e. The first-order valence-electron chi connectivity index (χ1n) is 6.77. The van der Waals surface area contributed by atoms with Crippen molar-refractivity contribution in [3.05, 3.63) is 52.5 Å². The summed E-state index contributed by atoms with van der Waals surface area (Å²) in [6.45, 7) is 0.0864. The molecule has 0 unspecified atom stereocenters. The standard InChI is InChI=1S/C16H16BrN3O3/c1-23-14-6-7-15(21)11(8-14)9-19-20-16(22)10-18-13-4-2-12(17)3-5-13/h2-9,18,21H,10H2,1H3,(H,20,22)/b19-9-. The summed E-state index contributed by atoms with van der Waals surface area (Å²) in [5, 5.41) is 16.5. The van der Waals surface area contributed by atoms with Gasteiger partial charge in [0.15, 0.2) is 0 Å². The highest BCUT2D eigenvalue weighted by molar-refractivity contribution is 9.10. The first-order valence-corrected chi connectivity index (χ1v) is 7.56. The first-order chi connectivity index (χ1) is 11.1. The van der Waals surface area contributed by atoms with Crippen molar-refractivity contribution < 1.29 is 14.6 Å². The third-order valence-corrected chi connectivity index (χ3v) is 3.45. The molecule has 3 N–H and O–H groups in total. The van der Waals surface area contributed by atoms with E-state index in [1.807, 2.05) is 24.3 Å². The molecule has 0 saturated carbocycles. The van der Waals surface area contributed by atoms with E-state index in [0.29, 0.717) is 11.3 Å². The summed E-state index contributed by atoms with van der Waals surface area (Å²) in [5.74, 6) is 0.343. The summed E-state index contributed by atoms with van der Waals surface area (Å²) in [5.41, 5.74) is 3.67. The Balaban J connectivity index is 1.85. The summed E-state index contributed by atoms with van der Waals surface area (Å²) in [6.07, 6.45) is 1.36. The maximum Gasteiger partial charge on any atom is 0.259 e. The number of hydrogen-bond acceptors (Lipinski definition) is 5. The summed E-state index contributed by atoms with van der Waals surface area (Å²) >= 11 is 3.34. The van der Waals surface area contributed by atoms with Crippen molar-refractivity contribution in [2.75, 3.05) is 19.0 Å². The van der Waals surface area contributed by atoms with Crippen LogP contribution in [0.2, 0.25) is 0 Å². The maximum atomic E-state index is 11.7. The van der Waals surface area contributed by atoms with Crippen molar-refractivity contribution in [1.29, 1.82) is 0 Å². The van der Waals surface area contributed by atoms with Crippen LogP contribution in [0.5, 0.6) is 11.5 Å². The molecule has 23 heavy (non-hydrogen) atoms. The Morgan fingerprint density at radius 2 is 2.04 bits per heavy atom. The van der Waals surface area contributed by atoms with Crippen LogP contribution in [0, 0.1) is 0 Å². The van der Waals surface area contributed by atoms with Crippen LogP contribution in [0.3, 0.4) is 0 Å². The number of benzene rings is 2. The first kappa shape index (κ1) is 16.8. The zero-order valence-corrected chi connectivity index (χ0v) is 14.0. The number of nitrogens with one attached hydrogen (secondary N) is 2. The number of methoxy groups -OCH3 is 1. The van der Waals surface area contributed by atoms with Crippen LogP contribution in [-0.2, 0) is 4.79 Å². The average Bonchev–Trinajstić information content (AvgIpc) is 2.56. The van der Waals surface area contributed by atoms with Gasteiger partial charge in [-0.25, -0.2) is 5.43 Å². The summed E-state index contributed by atoms with van der Waals surface area (Å²) in [4.78, 5) is 11.7. The smallest absolute Gasteiger partial charge is 0.259 e. The quantitative estimate of drug-likeness (QED) is 0.533. The van der Waals surface area contributed by atoms with E-state index in [1.165, 1.54) is 19.4 Å². The van der Waals surface area contributed by atoms with Crippen LogP contribution in [-0.4, -0.2) is 30.9 Å². The number of hydrogen-bond donors (Lipinski definition) is 3. The van der Waals surface area contributed by atoms with Gasteiger partial charge >= 0.3 is 0 Å². The van der Waals surface area contributed by atoms with E-state index in [1.54, 1.807) is 12.1 Å². The number of anilines is 1. The second kappa shape index (κ2) is 8.19. The number of phenols is 1. The van der Waals surface area contributed by atoms with Crippen molar-refractivity contribution in [2.45, 2.75) is 0 Å². The zero-order valence-electron chi connectivity index (χ0n) is 12.4. The average molecular weight is 378 g/mol. The molecule has 0 heterocycles. The maximum absolute atomic E-state index is 11.7. The lowest BCUT2D eigenvalue weighted by atomic mass is 10.2. The Morgan fingerprint density at radius 1 is 1.30 bits per heavy atom. The van der Waals surface area contributed by atoms with Crippen molar-refractivity contribution in [3.8, 4) is 11.5 Å². The van der Waals surface area contributed by atoms with Gasteiger partial charge in [-0.05, 0) is 42.5 Å². The Hall–Kier alpha value is -2.54. The van der Waals surface area contributed by atoms with Crippen LogP contribution in [0.15, 0.2) is 52.0 Å². The molecule has 0 bridgehead atoms. The van der Waals surface area contributed by atoms with E-state index in [4.69, 9.17) is 4.74 Å². The largest absolute Gasteiger partial charge is 0.507 e. The van der Waals surface area contributed by atoms with Gasteiger partial charge in [-0.3, -0.25) is 4.79 Å². The second-order valence-corrected chi connectivity index (χ2v) is 5.49. The van der Waals surface area contributed by atoms with Crippen LogP contribution >= 0.6 is 15.9 Å². The van der Waals surface area contributed by atoms with Gasteiger partial charge in [-0.2, -0.15) is 5.10 Å². The van der Waals surface area contributed by atoms with E-state index in [0.717, 1.165) is 10.2 Å². The molecule has 0 aliphatic rings. The highest BCUT2D eigenvalue weighted by Gasteiger charge is 2.02. The molecule has 0 radical (unpaired) electrons. The lowest BCUT2D eigenvalue weighted by Gasteiger charge is -2.05. The molecule has 2 aromatic rings. The van der Waals surface area contributed by atoms with E-state index in [-0.39, 0.29) is 18.2 Å². The number of hydrazone groups is 1. The zero-order chi connectivity index (χ0) is 16.7. The number of nitrogens with zero attached hydrogens (tertiary/aromatic N) is 1. The fourth-order valence-corrected chi connectivity index (χ4v) is 1.99. The van der Waals surface area contributed by atoms with E-state index >= 15 is 0 Å². The number of carbonyl (C=O) groups excluding carboxylic acids is 1. The molecule has 0 aromatic heterocycles. The minimum absolute atomic E-state index is 0.0526. The number of phenolic OH excluding ortho intramolecular Hbond substituents is 1. The predicted octanol–water partition coefficient (Wildman–Crippen LogP) is 2.73. The van der Waals surface area contributed by atoms with E-state index in [9.17, 15) is 9.90 Å². The Morgan fingerprint density at radius 3 is 2.74 bits per heavy atom. The monoisotopic (exact) mass is 377 g/mol. The van der Waals surface area contributed by atoms with E-state index in [2.05, 4.69) is 31.8 Å². The lowest BCUT2D eigenvalue weighted by molar-refractivity contribution is -0.119. The second-order valence-electron chi connectivity index (χ2n) is 4.58. The molecule has 6 nitrogen and oxygen atoms in total. The molecule has 1 amide bonds. The number of ether oxygens (including phenoxy) is 1. The molecule has 0 aliphatic heterocycles. The van der Waals surface area contributed by atoms with Crippen molar-refractivity contribution in [3.63, 3.8) is 0 Å². The van der Waals surface area contributed by atoms with Gasteiger partial charge in [0, 0.05) is 15.7 Å². The summed E-state index contributed by atoms with van der Waals surface area (Å²) in [6, 6.07) is 12.2. The Kier molecular flexibility index (Phi) is 5.99. The number of carbonyl (C=O) groups is 1. The van der Waals surface area contributed by atoms with Gasteiger partial charge in [-0.15, -0.1) is 0 Å². The molecule has 0 fully saturated rings. The number of halogens is 1. The number of amides is 1. The third-order valence-electron chi connectivity index (χ3n) is 2.92. The summed E-state index contributed by atoms with van der Waals surface area (Å²) < 4.78 is 6.03. The molecular formula is C16H16BrN3O3. The molecule has 0 saturated heterocycles. The highest BCUT2D eigenvalue weighted by atomic mass is 79.9. The lowest BCUT2D eigenvalue weighted by Crippen LogP contribution is -2.25. The minimum atomic E-state index is -0.299. The molecule has 0 spiro atoms. The van der Waals surface area contributed by atoms with Crippen molar-refractivity contribution >= 4 is 33.7 Å². The van der Waals surface area contributed by atoms with Crippen molar-refractivity contribution in [1.82, 2.24) is 5.43 Å². The predicted molar refractivity (Wildman–Crippen MR) is 93.0 cm³/mol.